The van der Waals surface area contributed by atoms with Crippen LogP contribution in [0.25, 0.3) is 0 Å². The van der Waals surface area contributed by atoms with Gasteiger partial charge >= 0.3 is 28.0 Å². The van der Waals surface area contributed by atoms with E-state index in [4.69, 9.17) is 0 Å². The van der Waals surface area contributed by atoms with Gasteiger partial charge in [0.05, 0.1) is 0 Å². The van der Waals surface area contributed by atoms with Crippen molar-refractivity contribution in [2.24, 2.45) is 0 Å². The number of nitrogens with one attached hydrogen (secondary N) is 1. The van der Waals surface area contributed by atoms with Crippen molar-refractivity contribution in [1.82, 2.24) is 5.32 Å². The van der Waals surface area contributed by atoms with Gasteiger partial charge < -0.3 is 9.84 Å². The Labute approximate surface area is 121 Å². The molecule has 0 aromatic heterocycles. The van der Waals surface area contributed by atoms with E-state index in [0.717, 1.165) is 18.1 Å². The summed E-state index contributed by atoms with van der Waals surface area (Å²) in [5.74, 6) is 0.763. The Hall–Kier alpha value is -1.35. The summed E-state index contributed by atoms with van der Waals surface area (Å²) in [6, 6.07) is 5.39. The first-order valence-corrected chi connectivity index (χ1v) is 6.87. The van der Waals surface area contributed by atoms with E-state index in [1.54, 1.807) is 13.0 Å². The molecule has 1 amide bonds. The second kappa shape index (κ2) is 8.70. The van der Waals surface area contributed by atoms with Gasteiger partial charge in [0.15, 0.2) is 0 Å². The van der Waals surface area contributed by atoms with Crippen LogP contribution in [0, 0.1) is 13.8 Å². The zero-order valence-corrected chi connectivity index (χ0v) is 12.7. The molecule has 0 saturated heterocycles. The quantitative estimate of drug-likeness (QED) is 0.493. The first-order chi connectivity index (χ1) is 8.90. The molecule has 1 unspecified atom stereocenters. The van der Waals surface area contributed by atoms with Crippen molar-refractivity contribution in [1.29, 1.82) is 0 Å². The van der Waals surface area contributed by atoms with Gasteiger partial charge in [-0.2, -0.15) is 0 Å². The number of ether oxygens (including phenoxy) is 1. The maximum atomic E-state index is 11.7. The van der Waals surface area contributed by atoms with Crippen molar-refractivity contribution in [3.63, 3.8) is 0 Å². The molecule has 0 heterocycles. The maximum absolute atomic E-state index is 11.7. The van der Waals surface area contributed by atoms with Crippen molar-refractivity contribution >= 4 is 28.2 Å². The SMILES string of the molecule is CC(=O)OC(O)NC(=O)c1cc(C)ccc1C.[CH3][Al+]. The first kappa shape index (κ1) is 17.7. The molecule has 1 rings (SSSR count). The molecule has 2 N–H and O–H groups in total. The minimum absolute atomic E-state index is 0.441. The van der Waals surface area contributed by atoms with Crippen LogP contribution in [-0.2, 0) is 9.53 Å². The number of esters is 1. The van der Waals surface area contributed by atoms with E-state index in [0.29, 0.717) is 5.56 Å². The van der Waals surface area contributed by atoms with Crippen molar-refractivity contribution in [2.75, 3.05) is 0 Å². The van der Waals surface area contributed by atoms with E-state index < -0.39 is 18.3 Å². The monoisotopic (exact) mass is 279 g/mol. The molecule has 1 aromatic carbocycles. The Kier molecular flexibility index (Phi) is 8.09. The first-order valence-electron chi connectivity index (χ1n) is 5.71. The second-order valence-corrected chi connectivity index (χ2v) is 3.75. The molecule has 0 aliphatic rings. The molecular formula is C13H18AlNO4+. The average molecular weight is 279 g/mol. The number of hydrogen-bond acceptors (Lipinski definition) is 4. The fourth-order valence-corrected chi connectivity index (χ4v) is 1.36. The number of carbonyl (C=O) groups is 2. The molecule has 0 bridgehead atoms. The predicted octanol–water partition coefficient (Wildman–Crippen LogP) is 1.08. The Bertz CT molecular complexity index is 448. The van der Waals surface area contributed by atoms with Gasteiger partial charge in [0, 0.05) is 12.5 Å². The van der Waals surface area contributed by atoms with Gasteiger partial charge in [-0.1, -0.05) is 17.7 Å². The summed E-state index contributed by atoms with van der Waals surface area (Å²) < 4.78 is 4.40. The van der Waals surface area contributed by atoms with E-state index in [9.17, 15) is 14.7 Å². The summed E-state index contributed by atoms with van der Waals surface area (Å²) >= 11 is 2.42. The van der Waals surface area contributed by atoms with E-state index in [2.05, 4.69) is 26.3 Å². The molecule has 0 aliphatic heterocycles. The molecule has 101 valence electrons. The van der Waals surface area contributed by atoms with Gasteiger partial charge in [0.1, 0.15) is 0 Å². The molecule has 1 radical (unpaired) electrons. The van der Waals surface area contributed by atoms with Crippen LogP contribution in [0.5, 0.6) is 0 Å². The van der Waals surface area contributed by atoms with Crippen LogP contribution in [0.1, 0.15) is 28.4 Å². The number of aryl methyl sites for hydroxylation is 2. The summed E-state index contributed by atoms with van der Waals surface area (Å²) in [5.41, 5.74) is 2.15. The summed E-state index contributed by atoms with van der Waals surface area (Å²) in [6.07, 6.45) is -1.63. The van der Waals surface area contributed by atoms with E-state index in [1.165, 1.54) is 0 Å². The molecule has 0 saturated carbocycles. The number of aliphatic hydroxyl groups excluding tert-OH is 1. The molecule has 19 heavy (non-hydrogen) atoms. The van der Waals surface area contributed by atoms with Gasteiger partial charge in [-0.05, 0) is 25.5 Å². The fraction of sp³-hybridized carbons (Fsp3) is 0.385. The molecular weight excluding hydrogens is 261 g/mol. The summed E-state index contributed by atoms with van der Waals surface area (Å²) in [7, 11) is 0. The van der Waals surface area contributed by atoms with Crippen LogP contribution in [-0.4, -0.2) is 39.7 Å². The third kappa shape index (κ3) is 6.39. The van der Waals surface area contributed by atoms with E-state index in [1.807, 2.05) is 24.8 Å². The molecule has 0 fully saturated rings. The number of hydrogen-bond donors (Lipinski definition) is 2. The van der Waals surface area contributed by atoms with Crippen LogP contribution in [0.3, 0.4) is 0 Å². The van der Waals surface area contributed by atoms with Crippen molar-refractivity contribution in [3.8, 4) is 0 Å². The van der Waals surface area contributed by atoms with Crippen LogP contribution >= 0.6 is 0 Å². The summed E-state index contributed by atoms with van der Waals surface area (Å²) in [4.78, 5) is 22.3. The molecule has 0 aliphatic carbocycles. The number of benzene rings is 1. The number of amides is 1. The van der Waals surface area contributed by atoms with Crippen molar-refractivity contribution < 1.29 is 19.4 Å². The Morgan fingerprint density at radius 3 is 2.42 bits per heavy atom. The Morgan fingerprint density at radius 2 is 1.89 bits per heavy atom. The number of carbonyl (C=O) groups excluding carboxylic acids is 2. The summed E-state index contributed by atoms with van der Waals surface area (Å²) in [5, 5.41) is 11.4. The van der Waals surface area contributed by atoms with Gasteiger partial charge in [-0.15, -0.1) is 0 Å². The third-order valence-electron chi connectivity index (χ3n) is 2.17. The zero-order chi connectivity index (χ0) is 15.0. The van der Waals surface area contributed by atoms with Gasteiger partial charge in [-0.25, -0.2) is 0 Å². The standard InChI is InChI=1S/C12H15NO4.CH3.Al/c1-7-4-5-8(2)10(6-7)11(15)13-12(16)17-9(3)14;;/h4-6,12,16H,1-3H3,(H,13,15);1H3;/q;;+1. The Balaban J connectivity index is 0.00000154. The second-order valence-electron chi connectivity index (χ2n) is 3.75. The van der Waals surface area contributed by atoms with Crippen LogP contribution in [0.4, 0.5) is 0 Å². The van der Waals surface area contributed by atoms with E-state index >= 15 is 0 Å². The topological polar surface area (TPSA) is 75.6 Å². The molecule has 5 nitrogen and oxygen atoms in total. The normalized spacial score (nSPS) is 10.7. The van der Waals surface area contributed by atoms with Crippen LogP contribution in [0.2, 0.25) is 5.79 Å². The van der Waals surface area contributed by atoms with E-state index in [-0.39, 0.29) is 0 Å². The van der Waals surface area contributed by atoms with Gasteiger partial charge in [0.2, 0.25) is 0 Å². The zero-order valence-electron chi connectivity index (χ0n) is 11.6. The van der Waals surface area contributed by atoms with Crippen molar-refractivity contribution in [2.45, 2.75) is 33.0 Å². The molecule has 1 atom stereocenters. The molecule has 6 heteroatoms. The number of aliphatic hydroxyl groups is 1. The van der Waals surface area contributed by atoms with Crippen LogP contribution in [0.15, 0.2) is 18.2 Å². The van der Waals surface area contributed by atoms with Gasteiger partial charge in [-0.3, -0.25) is 14.9 Å². The Morgan fingerprint density at radius 1 is 1.32 bits per heavy atom. The average Bonchev–Trinajstić information content (AvgIpc) is 2.33. The molecule has 0 spiro atoms. The summed E-state index contributed by atoms with van der Waals surface area (Å²) in [6.45, 7) is 4.79. The minimum atomic E-state index is -1.63. The predicted molar refractivity (Wildman–Crippen MR) is 72.8 cm³/mol. The third-order valence-corrected chi connectivity index (χ3v) is 2.17. The molecule has 1 aromatic rings. The van der Waals surface area contributed by atoms with Crippen LogP contribution < -0.4 is 5.32 Å². The fourth-order valence-electron chi connectivity index (χ4n) is 1.36. The number of rotatable bonds is 3. The van der Waals surface area contributed by atoms with Crippen molar-refractivity contribution in [3.05, 3.63) is 34.9 Å². The van der Waals surface area contributed by atoms with Gasteiger partial charge in [0.25, 0.3) is 12.3 Å².